The molecule has 0 aliphatic rings. The van der Waals surface area contributed by atoms with Crippen LogP contribution in [0.2, 0.25) is 0 Å². The summed E-state index contributed by atoms with van der Waals surface area (Å²) < 4.78 is 4.57. The van der Waals surface area contributed by atoms with Crippen molar-refractivity contribution < 1.29 is 0 Å². The first-order valence-corrected chi connectivity index (χ1v) is 12.5. The van der Waals surface area contributed by atoms with Gasteiger partial charge in [-0.2, -0.15) is 10.5 Å². The van der Waals surface area contributed by atoms with E-state index in [1.807, 2.05) is 30.3 Å². The average Bonchev–Trinajstić information content (AvgIpc) is 3.47. The molecule has 0 bridgehead atoms. The molecule has 0 radical (unpaired) electrons. The van der Waals surface area contributed by atoms with E-state index in [4.69, 9.17) is 0 Å². The van der Waals surface area contributed by atoms with Gasteiger partial charge in [-0.15, -0.1) is 11.3 Å². The Morgan fingerprint density at radius 1 is 0.556 bits per heavy atom. The zero-order chi connectivity index (χ0) is 24.2. The molecule has 0 amide bonds. The van der Waals surface area contributed by atoms with Crippen molar-refractivity contribution in [1.29, 1.82) is 10.5 Å². The Kier molecular flexibility index (Phi) is 4.45. The van der Waals surface area contributed by atoms with E-state index in [0.29, 0.717) is 11.1 Å². The zero-order valence-electron chi connectivity index (χ0n) is 19.1. The maximum atomic E-state index is 9.71. The number of nitriles is 2. The molecular formula is C32H17N3S. The maximum Gasteiger partial charge on any atom is 0.0992 e. The summed E-state index contributed by atoms with van der Waals surface area (Å²) in [6.45, 7) is 0. The molecule has 7 rings (SSSR count). The Hall–Kier alpha value is -4.90. The number of aromatic nitrogens is 1. The Morgan fingerprint density at radius 2 is 1.14 bits per heavy atom. The standard InChI is InChI=1S/C32H17N3S/c33-18-20-10-14-30(35-28-7-3-1-5-23(28)24-6-2-4-8-29(24)35)27(15-20)22-11-13-26-25-12-9-21(19-34)16-31(25)36-32(26)17-22/h1-17H. The van der Waals surface area contributed by atoms with Crippen LogP contribution in [0.1, 0.15) is 11.1 Å². The van der Waals surface area contributed by atoms with Crippen molar-refractivity contribution in [1.82, 2.24) is 4.57 Å². The van der Waals surface area contributed by atoms with Crippen LogP contribution in [0, 0.1) is 22.7 Å². The van der Waals surface area contributed by atoms with Crippen LogP contribution in [0.3, 0.4) is 0 Å². The van der Waals surface area contributed by atoms with Crippen LogP contribution in [0.25, 0.3) is 58.8 Å². The number of nitrogens with zero attached hydrogens (tertiary/aromatic N) is 3. The van der Waals surface area contributed by atoms with Crippen LogP contribution in [-0.4, -0.2) is 4.57 Å². The molecule has 0 unspecified atom stereocenters. The monoisotopic (exact) mass is 475 g/mol. The SMILES string of the molecule is N#Cc1ccc(-n2c3ccccc3c3ccccc32)c(-c2ccc3c(c2)sc2cc(C#N)ccc23)c1. The minimum Gasteiger partial charge on any atom is -0.309 e. The smallest absolute Gasteiger partial charge is 0.0992 e. The van der Waals surface area contributed by atoms with E-state index in [2.05, 4.69) is 89.5 Å². The minimum atomic E-state index is 0.629. The van der Waals surface area contributed by atoms with E-state index >= 15 is 0 Å². The molecule has 166 valence electrons. The van der Waals surface area contributed by atoms with Crippen LogP contribution in [0.4, 0.5) is 0 Å². The van der Waals surface area contributed by atoms with Crippen molar-refractivity contribution in [2.45, 2.75) is 0 Å². The van der Waals surface area contributed by atoms with Crippen LogP contribution in [0.15, 0.2) is 103 Å². The lowest BCUT2D eigenvalue weighted by Crippen LogP contribution is -1.98. The van der Waals surface area contributed by atoms with E-state index < -0.39 is 0 Å². The van der Waals surface area contributed by atoms with Crippen molar-refractivity contribution in [3.8, 4) is 29.0 Å². The van der Waals surface area contributed by atoms with E-state index in [-0.39, 0.29) is 0 Å². The fourth-order valence-electron chi connectivity index (χ4n) is 5.23. The molecular weight excluding hydrogens is 458 g/mol. The molecule has 0 saturated heterocycles. The Bertz CT molecular complexity index is 2030. The summed E-state index contributed by atoms with van der Waals surface area (Å²) in [6, 6.07) is 39.8. The molecule has 0 saturated carbocycles. The van der Waals surface area contributed by atoms with E-state index in [1.54, 1.807) is 11.3 Å². The lowest BCUT2D eigenvalue weighted by atomic mass is 9.99. The van der Waals surface area contributed by atoms with Crippen molar-refractivity contribution in [2.24, 2.45) is 0 Å². The number of rotatable bonds is 2. The van der Waals surface area contributed by atoms with Crippen molar-refractivity contribution in [3.63, 3.8) is 0 Å². The molecule has 0 fully saturated rings. The molecule has 0 atom stereocenters. The first-order valence-electron chi connectivity index (χ1n) is 11.6. The van der Waals surface area contributed by atoms with Crippen LogP contribution in [0.5, 0.6) is 0 Å². The third kappa shape index (κ3) is 2.96. The van der Waals surface area contributed by atoms with Gasteiger partial charge in [0.2, 0.25) is 0 Å². The van der Waals surface area contributed by atoms with E-state index in [0.717, 1.165) is 42.6 Å². The van der Waals surface area contributed by atoms with Gasteiger partial charge in [0, 0.05) is 36.5 Å². The molecule has 0 spiro atoms. The molecule has 0 aliphatic carbocycles. The lowest BCUT2D eigenvalue weighted by Gasteiger charge is -2.15. The number of hydrogen-bond donors (Lipinski definition) is 0. The second kappa shape index (κ2) is 7.82. The van der Waals surface area contributed by atoms with Gasteiger partial charge in [0.25, 0.3) is 0 Å². The Morgan fingerprint density at radius 3 is 1.83 bits per heavy atom. The van der Waals surface area contributed by atoms with Gasteiger partial charge in [-0.25, -0.2) is 0 Å². The molecule has 2 aromatic heterocycles. The van der Waals surface area contributed by atoms with Crippen LogP contribution < -0.4 is 0 Å². The lowest BCUT2D eigenvalue weighted by molar-refractivity contribution is 1.18. The summed E-state index contributed by atoms with van der Waals surface area (Å²) in [5.41, 5.74) is 6.68. The quantitative estimate of drug-likeness (QED) is 0.251. The number of fused-ring (bicyclic) bond motifs is 6. The third-order valence-corrected chi connectivity index (χ3v) is 7.98. The van der Waals surface area contributed by atoms with Gasteiger partial charge in [0.1, 0.15) is 0 Å². The van der Waals surface area contributed by atoms with Crippen molar-refractivity contribution >= 4 is 53.3 Å². The molecule has 0 N–H and O–H groups in total. The fourth-order valence-corrected chi connectivity index (χ4v) is 6.41. The number of hydrogen-bond acceptors (Lipinski definition) is 3. The molecule has 36 heavy (non-hydrogen) atoms. The highest BCUT2D eigenvalue weighted by Gasteiger charge is 2.17. The summed E-state index contributed by atoms with van der Waals surface area (Å²) in [5, 5.41) is 23.8. The van der Waals surface area contributed by atoms with E-state index in [1.165, 1.54) is 16.2 Å². The fraction of sp³-hybridized carbons (Fsp3) is 0. The molecule has 2 heterocycles. The second-order valence-corrected chi connectivity index (χ2v) is 9.93. The number of para-hydroxylation sites is 2. The van der Waals surface area contributed by atoms with E-state index in [9.17, 15) is 10.5 Å². The predicted molar refractivity (Wildman–Crippen MR) is 149 cm³/mol. The summed E-state index contributed by atoms with van der Waals surface area (Å²) in [6.07, 6.45) is 0. The molecule has 3 nitrogen and oxygen atoms in total. The van der Waals surface area contributed by atoms with Gasteiger partial charge in [0.15, 0.2) is 0 Å². The highest BCUT2D eigenvalue weighted by atomic mass is 32.1. The summed E-state index contributed by atoms with van der Waals surface area (Å²) >= 11 is 1.70. The van der Waals surface area contributed by atoms with Crippen LogP contribution >= 0.6 is 11.3 Å². The third-order valence-electron chi connectivity index (χ3n) is 6.86. The highest BCUT2D eigenvalue weighted by Crippen LogP contribution is 2.40. The highest BCUT2D eigenvalue weighted by molar-refractivity contribution is 7.25. The van der Waals surface area contributed by atoms with Gasteiger partial charge in [-0.1, -0.05) is 54.6 Å². The van der Waals surface area contributed by atoms with Crippen molar-refractivity contribution in [3.05, 3.63) is 114 Å². The molecule has 4 heteroatoms. The first-order chi connectivity index (χ1) is 17.7. The summed E-state index contributed by atoms with van der Waals surface area (Å²) in [7, 11) is 0. The molecule has 7 aromatic rings. The molecule has 0 aliphatic heterocycles. The second-order valence-electron chi connectivity index (χ2n) is 8.85. The minimum absolute atomic E-state index is 0.629. The predicted octanol–water partition coefficient (Wildman–Crippen LogP) is 8.56. The van der Waals surface area contributed by atoms with Gasteiger partial charge >= 0.3 is 0 Å². The summed E-state index contributed by atoms with van der Waals surface area (Å²) in [5.74, 6) is 0. The topological polar surface area (TPSA) is 52.5 Å². The number of benzene rings is 5. The van der Waals surface area contributed by atoms with Gasteiger partial charge in [-0.3, -0.25) is 0 Å². The zero-order valence-corrected chi connectivity index (χ0v) is 19.9. The first kappa shape index (κ1) is 20.5. The Labute approximate surface area is 211 Å². The van der Waals surface area contributed by atoms with Crippen molar-refractivity contribution in [2.75, 3.05) is 0 Å². The Balaban J connectivity index is 1.53. The van der Waals surface area contributed by atoms with Gasteiger partial charge in [-0.05, 0) is 54.1 Å². The summed E-state index contributed by atoms with van der Waals surface area (Å²) in [4.78, 5) is 0. The number of thiophene rings is 1. The average molecular weight is 476 g/mol. The normalized spacial score (nSPS) is 11.3. The molecule has 5 aromatic carbocycles. The van der Waals surface area contributed by atoms with Gasteiger partial charge in [0.05, 0.1) is 40.0 Å². The van der Waals surface area contributed by atoms with Crippen LogP contribution in [-0.2, 0) is 0 Å². The van der Waals surface area contributed by atoms with Gasteiger partial charge < -0.3 is 4.57 Å². The maximum absolute atomic E-state index is 9.71. The largest absolute Gasteiger partial charge is 0.309 e.